The minimum atomic E-state index is -0.920. The smallest absolute Gasteiger partial charge is 0.317 e. The van der Waals surface area contributed by atoms with Crippen LogP contribution in [0.1, 0.15) is 0 Å². The summed E-state index contributed by atoms with van der Waals surface area (Å²) in [6.07, 6.45) is -0.599. The van der Waals surface area contributed by atoms with E-state index in [0.29, 0.717) is 26.2 Å². The van der Waals surface area contributed by atoms with Gasteiger partial charge in [0.25, 0.3) is 0 Å². The molecule has 0 spiro atoms. The summed E-state index contributed by atoms with van der Waals surface area (Å²) >= 11 is 0. The minimum Gasteiger partial charge on any atom is -0.489 e. The van der Waals surface area contributed by atoms with Crippen molar-refractivity contribution >= 4 is 5.97 Å². The lowest BCUT2D eigenvalue weighted by Gasteiger charge is -2.24. The minimum absolute atomic E-state index is 0.110. The summed E-state index contributed by atoms with van der Waals surface area (Å²) in [5.41, 5.74) is 0. The van der Waals surface area contributed by atoms with E-state index in [2.05, 4.69) is 0 Å². The van der Waals surface area contributed by atoms with Crippen LogP contribution in [0.15, 0.2) is 24.3 Å². The average molecular weight is 312 g/mol. The number of carboxylic acid groups (broad SMARTS) is 1. The summed E-state index contributed by atoms with van der Waals surface area (Å²) in [4.78, 5) is 14.3. The Morgan fingerprint density at radius 3 is 2.86 bits per heavy atom. The van der Waals surface area contributed by atoms with Crippen LogP contribution < -0.4 is 4.74 Å². The SMILES string of the molecule is CN(CC(=O)O)[C@@H]1CN(CCOc2ccccc2F)C[C@H]1O. The van der Waals surface area contributed by atoms with Crippen molar-refractivity contribution in [3.8, 4) is 5.75 Å². The van der Waals surface area contributed by atoms with Crippen molar-refractivity contribution in [3.63, 3.8) is 0 Å². The topological polar surface area (TPSA) is 73.2 Å². The number of carboxylic acids is 1. The van der Waals surface area contributed by atoms with Gasteiger partial charge in [0.05, 0.1) is 12.6 Å². The number of carbonyl (C=O) groups is 1. The molecule has 0 saturated carbocycles. The van der Waals surface area contributed by atoms with E-state index in [1.165, 1.54) is 6.07 Å². The molecule has 0 unspecified atom stereocenters. The molecular formula is C15H21FN2O4. The molecule has 22 heavy (non-hydrogen) atoms. The highest BCUT2D eigenvalue weighted by molar-refractivity contribution is 5.69. The van der Waals surface area contributed by atoms with Crippen molar-refractivity contribution < 1.29 is 24.1 Å². The number of aliphatic hydroxyl groups excluding tert-OH is 1. The Hall–Kier alpha value is -1.70. The van der Waals surface area contributed by atoms with Crippen molar-refractivity contribution in [2.24, 2.45) is 0 Å². The summed E-state index contributed by atoms with van der Waals surface area (Å²) < 4.78 is 18.8. The van der Waals surface area contributed by atoms with Gasteiger partial charge in [-0.1, -0.05) is 12.1 Å². The monoisotopic (exact) mass is 312 g/mol. The van der Waals surface area contributed by atoms with Gasteiger partial charge in [-0.05, 0) is 19.2 Å². The second kappa shape index (κ2) is 7.53. The van der Waals surface area contributed by atoms with Crippen LogP contribution in [-0.2, 0) is 4.79 Å². The first-order valence-electron chi connectivity index (χ1n) is 7.17. The van der Waals surface area contributed by atoms with Crippen molar-refractivity contribution in [1.82, 2.24) is 9.80 Å². The fraction of sp³-hybridized carbons (Fsp3) is 0.533. The summed E-state index contributed by atoms with van der Waals surface area (Å²) in [6, 6.07) is 5.99. The molecule has 1 fully saturated rings. The summed E-state index contributed by atoms with van der Waals surface area (Å²) in [7, 11) is 1.68. The third-order valence-electron chi connectivity index (χ3n) is 3.79. The van der Waals surface area contributed by atoms with Gasteiger partial charge in [-0.3, -0.25) is 14.6 Å². The average Bonchev–Trinajstić information content (AvgIpc) is 2.81. The van der Waals surface area contributed by atoms with E-state index in [9.17, 15) is 14.3 Å². The molecule has 122 valence electrons. The maximum absolute atomic E-state index is 13.4. The molecule has 7 heteroatoms. The van der Waals surface area contributed by atoms with E-state index in [1.54, 1.807) is 30.1 Å². The van der Waals surface area contributed by atoms with Gasteiger partial charge in [0.1, 0.15) is 6.61 Å². The van der Waals surface area contributed by atoms with Crippen molar-refractivity contribution in [1.29, 1.82) is 0 Å². The number of nitrogens with zero attached hydrogens (tertiary/aromatic N) is 2. The number of aliphatic hydroxyl groups is 1. The molecule has 2 atom stereocenters. The highest BCUT2D eigenvalue weighted by Crippen LogP contribution is 2.17. The molecule has 1 aliphatic heterocycles. The predicted molar refractivity (Wildman–Crippen MR) is 78.4 cm³/mol. The Morgan fingerprint density at radius 2 is 2.18 bits per heavy atom. The Kier molecular flexibility index (Phi) is 5.70. The number of hydrogen-bond acceptors (Lipinski definition) is 5. The number of ether oxygens (including phenoxy) is 1. The van der Waals surface area contributed by atoms with Gasteiger partial charge in [-0.2, -0.15) is 0 Å². The van der Waals surface area contributed by atoms with Crippen molar-refractivity contribution in [2.75, 3.05) is 39.8 Å². The molecule has 1 saturated heterocycles. The van der Waals surface area contributed by atoms with Gasteiger partial charge in [0.15, 0.2) is 11.6 Å². The maximum atomic E-state index is 13.4. The molecule has 1 aromatic rings. The summed E-state index contributed by atoms with van der Waals surface area (Å²) in [6.45, 7) is 1.76. The van der Waals surface area contributed by atoms with Crippen LogP contribution in [0.3, 0.4) is 0 Å². The lowest BCUT2D eigenvalue weighted by molar-refractivity contribution is -0.138. The number of hydrogen-bond donors (Lipinski definition) is 2. The Balaban J connectivity index is 1.78. The molecule has 0 radical (unpaired) electrons. The van der Waals surface area contributed by atoms with Crippen LogP contribution in [0.5, 0.6) is 5.75 Å². The Morgan fingerprint density at radius 1 is 1.45 bits per heavy atom. The second-order valence-electron chi connectivity index (χ2n) is 5.48. The van der Waals surface area contributed by atoms with Gasteiger partial charge in [-0.25, -0.2) is 4.39 Å². The fourth-order valence-corrected chi connectivity index (χ4v) is 2.64. The van der Waals surface area contributed by atoms with Gasteiger partial charge in [-0.15, -0.1) is 0 Å². The highest BCUT2D eigenvalue weighted by atomic mass is 19.1. The largest absolute Gasteiger partial charge is 0.489 e. The summed E-state index contributed by atoms with van der Waals surface area (Å²) in [5.74, 6) is -1.11. The molecule has 1 aliphatic rings. The first-order chi connectivity index (χ1) is 10.5. The van der Waals surface area contributed by atoms with Gasteiger partial charge >= 0.3 is 5.97 Å². The first-order valence-corrected chi connectivity index (χ1v) is 7.17. The second-order valence-corrected chi connectivity index (χ2v) is 5.48. The number of β-amino-alcohol motifs (C(OH)–C–C–N with tert-alkyl or cyclic N) is 1. The number of likely N-dealkylation sites (tertiary alicyclic amines) is 1. The molecule has 1 heterocycles. The molecule has 0 aromatic heterocycles. The first kappa shape index (κ1) is 16.7. The number of benzene rings is 1. The van der Waals surface area contributed by atoms with Crippen LogP contribution in [0.2, 0.25) is 0 Å². The van der Waals surface area contributed by atoms with Crippen LogP contribution in [0.4, 0.5) is 4.39 Å². The van der Waals surface area contributed by atoms with Gasteiger partial charge < -0.3 is 14.9 Å². The lowest BCUT2D eigenvalue weighted by atomic mass is 10.2. The van der Waals surface area contributed by atoms with E-state index in [4.69, 9.17) is 9.84 Å². The van der Waals surface area contributed by atoms with Gasteiger partial charge in [0, 0.05) is 25.7 Å². The maximum Gasteiger partial charge on any atom is 0.317 e. The van der Waals surface area contributed by atoms with E-state index in [1.807, 2.05) is 4.90 Å². The van der Waals surface area contributed by atoms with Gasteiger partial charge in [0.2, 0.25) is 0 Å². The number of halogens is 1. The molecule has 0 amide bonds. The zero-order valence-corrected chi connectivity index (χ0v) is 12.5. The van der Waals surface area contributed by atoms with E-state index in [0.717, 1.165) is 0 Å². The normalized spacial score (nSPS) is 22.2. The van der Waals surface area contributed by atoms with Crippen LogP contribution in [0.25, 0.3) is 0 Å². The molecule has 1 aromatic carbocycles. The van der Waals surface area contributed by atoms with E-state index in [-0.39, 0.29) is 18.3 Å². The zero-order valence-electron chi connectivity index (χ0n) is 12.5. The zero-order chi connectivity index (χ0) is 16.1. The number of aliphatic carboxylic acids is 1. The Bertz CT molecular complexity index is 514. The molecule has 0 aliphatic carbocycles. The van der Waals surface area contributed by atoms with Crippen molar-refractivity contribution in [2.45, 2.75) is 12.1 Å². The number of rotatable bonds is 7. The van der Waals surface area contributed by atoms with Crippen LogP contribution >= 0.6 is 0 Å². The standard InChI is InChI=1S/C15H21FN2O4/c1-17(10-15(20)21)12-8-18(9-13(12)19)6-7-22-14-5-3-2-4-11(14)16/h2-5,12-13,19H,6-10H2,1H3,(H,20,21)/t12-,13-/m1/s1. The fourth-order valence-electron chi connectivity index (χ4n) is 2.64. The lowest BCUT2D eigenvalue weighted by Crippen LogP contribution is -2.43. The number of para-hydroxylation sites is 1. The van der Waals surface area contributed by atoms with Crippen molar-refractivity contribution in [3.05, 3.63) is 30.1 Å². The third kappa shape index (κ3) is 4.40. The summed E-state index contributed by atoms with van der Waals surface area (Å²) in [5, 5.41) is 18.8. The third-order valence-corrected chi connectivity index (χ3v) is 3.79. The molecule has 2 N–H and O–H groups in total. The van der Waals surface area contributed by atoms with Crippen LogP contribution in [-0.4, -0.2) is 78.0 Å². The highest BCUT2D eigenvalue weighted by Gasteiger charge is 2.34. The van der Waals surface area contributed by atoms with E-state index < -0.39 is 17.9 Å². The number of likely N-dealkylation sites (N-methyl/N-ethyl adjacent to an activating group) is 1. The van der Waals surface area contributed by atoms with E-state index >= 15 is 0 Å². The molecular weight excluding hydrogens is 291 g/mol. The van der Waals surface area contributed by atoms with Crippen LogP contribution in [0, 0.1) is 5.82 Å². The Labute approximate surface area is 128 Å². The quantitative estimate of drug-likeness (QED) is 0.753. The predicted octanol–water partition coefficient (Wildman–Crippen LogP) is 0.266. The molecule has 0 bridgehead atoms. The molecule has 6 nitrogen and oxygen atoms in total. The molecule has 2 rings (SSSR count).